The van der Waals surface area contributed by atoms with Crippen LogP contribution in [0.3, 0.4) is 0 Å². The van der Waals surface area contributed by atoms with Crippen molar-refractivity contribution in [2.45, 2.75) is 13.8 Å². The maximum absolute atomic E-state index is 11.3. The summed E-state index contributed by atoms with van der Waals surface area (Å²) in [5.41, 5.74) is 0. The van der Waals surface area contributed by atoms with Crippen molar-refractivity contribution in [3.63, 3.8) is 0 Å². The van der Waals surface area contributed by atoms with E-state index in [4.69, 9.17) is 34.8 Å². The van der Waals surface area contributed by atoms with E-state index < -0.39 is 5.29 Å². The summed E-state index contributed by atoms with van der Waals surface area (Å²) < 4.78 is 11.3. The van der Waals surface area contributed by atoms with Crippen LogP contribution >= 0.6 is 47.2 Å². The van der Waals surface area contributed by atoms with Gasteiger partial charge < -0.3 is 0 Å². The zero-order valence-corrected chi connectivity index (χ0v) is 9.62. The molecule has 0 aromatic heterocycles. The van der Waals surface area contributed by atoms with Gasteiger partial charge in [0.2, 0.25) is 5.29 Å². The van der Waals surface area contributed by atoms with Crippen molar-refractivity contribution >= 4 is 47.2 Å². The highest BCUT2D eigenvalue weighted by Gasteiger charge is 1.87. The monoisotopic (exact) mass is 260 g/mol. The third-order valence-corrected chi connectivity index (χ3v) is 0.807. The van der Waals surface area contributed by atoms with Gasteiger partial charge in [-0.15, -0.1) is 12.4 Å². The van der Waals surface area contributed by atoms with Crippen molar-refractivity contribution in [2.75, 3.05) is 0 Å². The highest BCUT2D eigenvalue weighted by molar-refractivity contribution is 6.37. The Bertz CT molecular complexity index is 122. The molecule has 0 atom stereocenters. The summed E-state index contributed by atoms with van der Waals surface area (Å²) in [7, 11) is 0. The third kappa shape index (κ3) is 46.8. The predicted octanol–water partition coefficient (Wildman–Crippen LogP) is 4.96. The first-order valence-electron chi connectivity index (χ1n) is 2.36. The van der Waals surface area contributed by atoms with Crippen LogP contribution in [0.4, 0.5) is 9.09 Å². The van der Waals surface area contributed by atoms with E-state index in [-0.39, 0.29) is 22.1 Å². The minimum atomic E-state index is -0.836. The topological polar surface area (TPSA) is 0 Å². The molecule has 0 aliphatic carbocycles. The molecular weight excluding hydrogens is 252 g/mol. The minimum absolute atomic E-state index is 0. The zero-order valence-electron chi connectivity index (χ0n) is 6.54. The SMILES string of the molecule is C/C(Cl)=C(/F)Cl.C=C(C)Cl.Cl.F. The lowest BCUT2D eigenvalue weighted by molar-refractivity contribution is 0.690. The average molecular weight is 262 g/mol. The maximum atomic E-state index is 11.3. The summed E-state index contributed by atoms with van der Waals surface area (Å²) in [6, 6.07) is 0. The Morgan fingerprint density at radius 3 is 1.25 bits per heavy atom. The fourth-order valence-corrected chi connectivity index (χ4v) is 0. The molecule has 0 bridgehead atoms. The van der Waals surface area contributed by atoms with Crippen molar-refractivity contribution in [3.05, 3.63) is 21.9 Å². The van der Waals surface area contributed by atoms with Crippen molar-refractivity contribution in [2.24, 2.45) is 0 Å². The van der Waals surface area contributed by atoms with E-state index in [0.717, 1.165) is 0 Å². The molecule has 0 N–H and O–H groups in total. The van der Waals surface area contributed by atoms with E-state index in [1.54, 1.807) is 6.92 Å². The van der Waals surface area contributed by atoms with E-state index in [1.165, 1.54) is 6.92 Å². The highest BCUT2D eigenvalue weighted by Crippen LogP contribution is 2.12. The largest absolute Gasteiger partial charge is 0.269 e. The molecule has 0 spiro atoms. The Morgan fingerprint density at radius 2 is 1.25 bits per heavy atom. The second kappa shape index (κ2) is 14.0. The van der Waals surface area contributed by atoms with Gasteiger partial charge in [-0.25, -0.2) is 0 Å². The Morgan fingerprint density at radius 1 is 1.17 bits per heavy atom. The maximum Gasteiger partial charge on any atom is 0.203 e. The second-order valence-electron chi connectivity index (χ2n) is 1.47. The van der Waals surface area contributed by atoms with Gasteiger partial charge in [0.1, 0.15) is 0 Å². The molecule has 0 unspecified atom stereocenters. The van der Waals surface area contributed by atoms with Crippen molar-refractivity contribution in [1.29, 1.82) is 0 Å². The van der Waals surface area contributed by atoms with Gasteiger partial charge in [-0.2, -0.15) is 4.39 Å². The van der Waals surface area contributed by atoms with Gasteiger partial charge in [0, 0.05) is 5.03 Å². The summed E-state index contributed by atoms with van der Waals surface area (Å²) in [4.78, 5) is 0. The Balaban J connectivity index is -0.0000000483. The molecule has 76 valence electrons. The lowest BCUT2D eigenvalue weighted by atomic mass is 10.7. The molecule has 0 nitrogen and oxygen atoms in total. The van der Waals surface area contributed by atoms with Gasteiger partial charge in [0.05, 0.1) is 5.03 Å². The summed E-state index contributed by atoms with van der Waals surface area (Å²) in [6.45, 7) is 6.44. The number of rotatable bonds is 0. The van der Waals surface area contributed by atoms with Crippen LogP contribution in [0.5, 0.6) is 0 Å². The molecule has 0 amide bonds. The van der Waals surface area contributed by atoms with Crippen molar-refractivity contribution < 1.29 is 9.09 Å². The Labute approximate surface area is 92.1 Å². The number of hydrogen-bond donors (Lipinski definition) is 0. The van der Waals surface area contributed by atoms with Crippen molar-refractivity contribution in [3.8, 4) is 0 Å². The molecule has 0 rings (SSSR count). The van der Waals surface area contributed by atoms with Crippen LogP contribution in [0.2, 0.25) is 0 Å². The van der Waals surface area contributed by atoms with Crippen molar-refractivity contribution in [1.82, 2.24) is 0 Å². The fourth-order valence-electron chi connectivity index (χ4n) is 0. The first-order valence-corrected chi connectivity index (χ1v) is 3.49. The number of allylic oxidation sites excluding steroid dienone is 2. The van der Waals surface area contributed by atoms with E-state index in [1.807, 2.05) is 0 Å². The molecule has 0 radical (unpaired) electrons. The summed E-state index contributed by atoms with van der Waals surface area (Å²) in [6.07, 6.45) is 0. The third-order valence-electron chi connectivity index (χ3n) is 0.260. The average Bonchev–Trinajstić information content (AvgIpc) is 1.63. The van der Waals surface area contributed by atoms with Crippen LogP contribution in [0, 0.1) is 0 Å². The standard InChI is InChI=1S/C3H3Cl2F.C3H5Cl.ClH.FH/c1-2(4)3(5)6;1-3(2)4;;/h1H3;1H2,2H3;2*1H/b3-2-;;;. The summed E-state index contributed by atoms with van der Waals surface area (Å²) in [5, 5.41) is -0.201. The second-order valence-corrected chi connectivity index (χ2v) is 3.01. The quantitative estimate of drug-likeness (QED) is 0.579. The number of halogens is 6. The fraction of sp³-hybridized carbons (Fsp3) is 0.333. The van der Waals surface area contributed by atoms with E-state index in [0.29, 0.717) is 5.03 Å². The summed E-state index contributed by atoms with van der Waals surface area (Å²) >= 11 is 14.8. The summed E-state index contributed by atoms with van der Waals surface area (Å²) in [5.74, 6) is 0. The molecule has 0 aliphatic heterocycles. The van der Waals surface area contributed by atoms with E-state index in [9.17, 15) is 4.39 Å². The van der Waals surface area contributed by atoms with Gasteiger partial charge in [0.25, 0.3) is 0 Å². The number of hydrogen-bond acceptors (Lipinski definition) is 0. The normalized spacial score (nSPS) is 9.17. The first kappa shape index (κ1) is 22.9. The van der Waals surface area contributed by atoms with E-state index >= 15 is 0 Å². The Hall–Kier alpha value is 0.500. The Kier molecular flexibility index (Phi) is 26.8. The van der Waals surface area contributed by atoms with Crippen LogP contribution in [-0.2, 0) is 0 Å². The van der Waals surface area contributed by atoms with Crippen LogP contribution in [0.15, 0.2) is 21.9 Å². The van der Waals surface area contributed by atoms with Gasteiger partial charge in [-0.3, -0.25) is 4.70 Å². The van der Waals surface area contributed by atoms with Gasteiger partial charge in [-0.05, 0) is 25.4 Å². The molecular formula is C6H10Cl4F2. The molecule has 0 fully saturated rings. The molecule has 0 aliphatic rings. The van der Waals surface area contributed by atoms with Crippen LogP contribution in [0.25, 0.3) is 0 Å². The molecule has 0 aromatic rings. The van der Waals surface area contributed by atoms with Crippen LogP contribution < -0.4 is 0 Å². The molecule has 0 aromatic carbocycles. The lowest BCUT2D eigenvalue weighted by Gasteiger charge is -1.77. The lowest BCUT2D eigenvalue weighted by Crippen LogP contribution is -1.55. The molecule has 12 heavy (non-hydrogen) atoms. The molecule has 0 saturated heterocycles. The molecule has 0 heterocycles. The van der Waals surface area contributed by atoms with Gasteiger partial charge in [-0.1, -0.05) is 29.8 Å². The van der Waals surface area contributed by atoms with Crippen LogP contribution in [-0.4, -0.2) is 0 Å². The van der Waals surface area contributed by atoms with Gasteiger partial charge >= 0.3 is 0 Å². The predicted molar refractivity (Wildman–Crippen MR) is 55.9 cm³/mol. The zero-order chi connectivity index (χ0) is 8.73. The highest BCUT2D eigenvalue weighted by atomic mass is 35.5. The van der Waals surface area contributed by atoms with Gasteiger partial charge in [0.15, 0.2) is 0 Å². The van der Waals surface area contributed by atoms with E-state index in [2.05, 4.69) is 6.58 Å². The first-order chi connectivity index (χ1) is 4.37. The van der Waals surface area contributed by atoms with Crippen LogP contribution in [0.1, 0.15) is 13.8 Å². The minimum Gasteiger partial charge on any atom is -0.269 e. The molecule has 0 saturated carbocycles. The molecule has 6 heteroatoms. The smallest absolute Gasteiger partial charge is 0.203 e.